The van der Waals surface area contributed by atoms with Crippen LogP contribution in [0.25, 0.3) is 11.0 Å². The SMILES string of the molecule is COc1ccc(CNC(=O)Cn2cnc3cc(NC(=O)CC(C)C)ccc32)cc1OC. The van der Waals surface area contributed by atoms with E-state index in [2.05, 4.69) is 15.6 Å². The van der Waals surface area contributed by atoms with E-state index in [9.17, 15) is 9.59 Å². The number of nitrogens with zero attached hydrogens (tertiary/aromatic N) is 2. The second kappa shape index (κ2) is 9.97. The number of imidazole rings is 1. The van der Waals surface area contributed by atoms with Gasteiger partial charge in [0, 0.05) is 18.7 Å². The van der Waals surface area contributed by atoms with Crippen LogP contribution in [0.4, 0.5) is 5.69 Å². The Morgan fingerprint density at radius 1 is 1.03 bits per heavy atom. The molecule has 3 rings (SSSR count). The Hall–Kier alpha value is -3.55. The molecule has 0 spiro atoms. The fourth-order valence-corrected chi connectivity index (χ4v) is 3.25. The van der Waals surface area contributed by atoms with E-state index in [4.69, 9.17) is 9.47 Å². The molecule has 1 heterocycles. The summed E-state index contributed by atoms with van der Waals surface area (Å²) in [6.07, 6.45) is 2.09. The largest absolute Gasteiger partial charge is 0.493 e. The van der Waals surface area contributed by atoms with Crippen molar-refractivity contribution in [3.63, 3.8) is 0 Å². The van der Waals surface area contributed by atoms with Crippen molar-refractivity contribution in [1.82, 2.24) is 14.9 Å². The first kappa shape index (κ1) is 22.1. The quantitative estimate of drug-likeness (QED) is 0.549. The molecule has 2 aromatic carbocycles. The number of hydrogen-bond donors (Lipinski definition) is 2. The van der Waals surface area contributed by atoms with Crippen LogP contribution in [0.5, 0.6) is 11.5 Å². The molecule has 0 unspecified atom stereocenters. The van der Waals surface area contributed by atoms with Gasteiger partial charge in [0.05, 0.1) is 31.6 Å². The predicted octanol–water partition coefficient (Wildman–Crippen LogP) is 3.35. The summed E-state index contributed by atoms with van der Waals surface area (Å²) in [5, 5.41) is 5.79. The first-order chi connectivity index (χ1) is 14.9. The van der Waals surface area contributed by atoms with Crippen LogP contribution in [-0.2, 0) is 22.7 Å². The fourth-order valence-electron chi connectivity index (χ4n) is 3.25. The number of rotatable bonds is 9. The van der Waals surface area contributed by atoms with Gasteiger partial charge in [0.15, 0.2) is 11.5 Å². The van der Waals surface area contributed by atoms with Gasteiger partial charge in [-0.15, -0.1) is 0 Å². The highest BCUT2D eigenvalue weighted by Crippen LogP contribution is 2.27. The Balaban J connectivity index is 1.61. The molecule has 0 aliphatic carbocycles. The molecule has 8 nitrogen and oxygen atoms in total. The van der Waals surface area contributed by atoms with E-state index in [1.165, 1.54) is 0 Å². The van der Waals surface area contributed by atoms with Gasteiger partial charge in [-0.25, -0.2) is 4.98 Å². The Morgan fingerprint density at radius 2 is 1.81 bits per heavy atom. The summed E-state index contributed by atoms with van der Waals surface area (Å²) in [5.41, 5.74) is 3.14. The topological polar surface area (TPSA) is 94.5 Å². The number of carbonyl (C=O) groups excluding carboxylic acids is 2. The molecule has 8 heteroatoms. The van der Waals surface area contributed by atoms with E-state index in [1.54, 1.807) is 31.2 Å². The Bertz CT molecular complexity index is 1070. The first-order valence-corrected chi connectivity index (χ1v) is 10.1. The number of fused-ring (bicyclic) bond motifs is 1. The Morgan fingerprint density at radius 3 is 2.52 bits per heavy atom. The van der Waals surface area contributed by atoms with Crippen LogP contribution in [-0.4, -0.2) is 35.6 Å². The van der Waals surface area contributed by atoms with Crippen LogP contribution < -0.4 is 20.1 Å². The number of amides is 2. The molecule has 1 aromatic heterocycles. The van der Waals surface area contributed by atoms with Crippen molar-refractivity contribution in [3.8, 4) is 11.5 Å². The highest BCUT2D eigenvalue weighted by Gasteiger charge is 2.11. The minimum Gasteiger partial charge on any atom is -0.493 e. The standard InChI is InChI=1S/C23H28N4O4/c1-15(2)9-22(28)26-17-6-7-19-18(11-17)25-14-27(19)13-23(29)24-12-16-5-8-20(30-3)21(10-16)31-4/h5-8,10-11,14-15H,9,12-13H2,1-4H3,(H,24,29)(H,26,28). The van der Waals surface area contributed by atoms with Crippen molar-refractivity contribution >= 4 is 28.5 Å². The summed E-state index contributed by atoms with van der Waals surface area (Å²) in [7, 11) is 3.16. The van der Waals surface area contributed by atoms with Crippen molar-refractivity contribution in [2.75, 3.05) is 19.5 Å². The van der Waals surface area contributed by atoms with Gasteiger partial charge in [-0.2, -0.15) is 0 Å². The third kappa shape index (κ3) is 5.75. The maximum absolute atomic E-state index is 12.4. The summed E-state index contributed by atoms with van der Waals surface area (Å²) < 4.78 is 12.3. The molecule has 31 heavy (non-hydrogen) atoms. The van der Waals surface area contributed by atoms with Gasteiger partial charge in [0.1, 0.15) is 6.54 Å². The van der Waals surface area contributed by atoms with Gasteiger partial charge in [0.2, 0.25) is 11.8 Å². The molecule has 0 saturated carbocycles. The van der Waals surface area contributed by atoms with Gasteiger partial charge in [0.25, 0.3) is 0 Å². The van der Waals surface area contributed by atoms with E-state index in [0.717, 1.165) is 16.6 Å². The molecule has 0 aliphatic rings. The highest BCUT2D eigenvalue weighted by atomic mass is 16.5. The van der Waals surface area contributed by atoms with Crippen molar-refractivity contribution < 1.29 is 19.1 Å². The maximum atomic E-state index is 12.4. The first-order valence-electron chi connectivity index (χ1n) is 10.1. The average Bonchev–Trinajstić information content (AvgIpc) is 3.13. The zero-order chi connectivity index (χ0) is 22.4. The highest BCUT2D eigenvalue weighted by molar-refractivity contribution is 5.93. The third-order valence-electron chi connectivity index (χ3n) is 4.75. The van der Waals surface area contributed by atoms with E-state index in [0.29, 0.717) is 36.1 Å². The molecule has 0 saturated heterocycles. The van der Waals surface area contributed by atoms with E-state index < -0.39 is 0 Å². The monoisotopic (exact) mass is 424 g/mol. The van der Waals surface area contributed by atoms with Crippen LogP contribution in [0.15, 0.2) is 42.7 Å². The van der Waals surface area contributed by atoms with Gasteiger partial charge < -0.3 is 24.7 Å². The lowest BCUT2D eigenvalue weighted by Crippen LogP contribution is -2.26. The zero-order valence-corrected chi connectivity index (χ0v) is 18.3. The smallest absolute Gasteiger partial charge is 0.240 e. The normalized spacial score (nSPS) is 10.9. The number of anilines is 1. The third-order valence-corrected chi connectivity index (χ3v) is 4.75. The molecular formula is C23H28N4O4. The molecule has 2 amide bonds. The van der Waals surface area contributed by atoms with Gasteiger partial charge in [-0.05, 0) is 41.8 Å². The fraction of sp³-hybridized carbons (Fsp3) is 0.348. The summed E-state index contributed by atoms with van der Waals surface area (Å²) in [4.78, 5) is 28.8. The summed E-state index contributed by atoms with van der Waals surface area (Å²) in [6, 6.07) is 11.0. The van der Waals surface area contributed by atoms with E-state index >= 15 is 0 Å². The number of ether oxygens (including phenoxy) is 2. The minimum absolute atomic E-state index is 0.0247. The number of hydrogen-bond acceptors (Lipinski definition) is 5. The van der Waals surface area contributed by atoms with Crippen molar-refractivity contribution in [2.24, 2.45) is 5.92 Å². The van der Waals surface area contributed by atoms with Crippen LogP contribution in [0.1, 0.15) is 25.8 Å². The average molecular weight is 425 g/mol. The van der Waals surface area contributed by atoms with Gasteiger partial charge in [-0.1, -0.05) is 19.9 Å². The van der Waals surface area contributed by atoms with Crippen LogP contribution in [0.3, 0.4) is 0 Å². The van der Waals surface area contributed by atoms with Crippen molar-refractivity contribution in [2.45, 2.75) is 33.4 Å². The molecule has 2 N–H and O–H groups in total. The lowest BCUT2D eigenvalue weighted by Gasteiger charge is -2.11. The molecule has 3 aromatic rings. The zero-order valence-electron chi connectivity index (χ0n) is 18.3. The molecule has 0 aliphatic heterocycles. The summed E-state index contributed by atoms with van der Waals surface area (Å²) in [6.45, 7) is 4.52. The Kier molecular flexibility index (Phi) is 7.12. The van der Waals surface area contributed by atoms with Crippen LogP contribution in [0, 0.1) is 5.92 Å². The van der Waals surface area contributed by atoms with Gasteiger partial charge >= 0.3 is 0 Å². The minimum atomic E-state index is -0.136. The number of benzene rings is 2. The second-order valence-electron chi connectivity index (χ2n) is 7.69. The molecule has 0 bridgehead atoms. The second-order valence-corrected chi connectivity index (χ2v) is 7.69. The number of carbonyl (C=O) groups is 2. The molecular weight excluding hydrogens is 396 g/mol. The Labute approximate surface area is 181 Å². The maximum Gasteiger partial charge on any atom is 0.240 e. The van der Waals surface area contributed by atoms with Crippen LogP contribution in [0.2, 0.25) is 0 Å². The van der Waals surface area contributed by atoms with E-state index in [-0.39, 0.29) is 18.4 Å². The number of methoxy groups -OCH3 is 2. The predicted molar refractivity (Wildman–Crippen MR) is 119 cm³/mol. The summed E-state index contributed by atoms with van der Waals surface area (Å²) in [5.74, 6) is 1.39. The lowest BCUT2D eigenvalue weighted by molar-refractivity contribution is -0.121. The van der Waals surface area contributed by atoms with Crippen LogP contribution >= 0.6 is 0 Å². The summed E-state index contributed by atoms with van der Waals surface area (Å²) >= 11 is 0. The molecule has 0 atom stereocenters. The lowest BCUT2D eigenvalue weighted by atomic mass is 10.1. The molecule has 0 radical (unpaired) electrons. The molecule has 0 fully saturated rings. The van der Waals surface area contributed by atoms with Crippen molar-refractivity contribution in [3.05, 3.63) is 48.3 Å². The van der Waals surface area contributed by atoms with Crippen molar-refractivity contribution in [1.29, 1.82) is 0 Å². The number of nitrogens with one attached hydrogen (secondary N) is 2. The number of aromatic nitrogens is 2. The van der Waals surface area contributed by atoms with Gasteiger partial charge in [-0.3, -0.25) is 9.59 Å². The van der Waals surface area contributed by atoms with E-state index in [1.807, 2.05) is 44.2 Å². The molecule has 164 valence electrons.